The second-order valence-corrected chi connectivity index (χ2v) is 9.13. The van der Waals surface area contributed by atoms with Gasteiger partial charge in [-0.15, -0.1) is 4.83 Å². The van der Waals surface area contributed by atoms with Gasteiger partial charge < -0.3 is 9.15 Å². The van der Waals surface area contributed by atoms with Crippen LogP contribution in [0.2, 0.25) is 0 Å². The third kappa shape index (κ3) is 5.32. The molecular weight excluding hydrogens is 491 g/mol. The van der Waals surface area contributed by atoms with Crippen LogP contribution >= 0.6 is 0 Å². The number of hydrazine groups is 1. The second kappa shape index (κ2) is 10.4. The predicted molar refractivity (Wildman–Crippen MR) is 130 cm³/mol. The Balaban J connectivity index is 1.74. The van der Waals surface area contributed by atoms with Gasteiger partial charge in [-0.25, -0.2) is 29.6 Å². The lowest BCUT2D eigenvalue weighted by Crippen LogP contribution is -2.38. The number of fused-ring (bicyclic) bond motifs is 1. The molecule has 0 bridgehead atoms. The highest BCUT2D eigenvalue weighted by Gasteiger charge is 2.20. The first-order valence-corrected chi connectivity index (χ1v) is 12.3. The molecule has 0 unspecified atom stereocenters. The van der Waals surface area contributed by atoms with Crippen LogP contribution in [0.25, 0.3) is 11.0 Å². The Labute approximate surface area is 205 Å². The molecule has 1 aromatic carbocycles. The number of ether oxygens (including phenoxy) is 1. The standard InChI is InChI=1S/C23H23FN6O5S/c1-4-15-16-10-13(2)18(35-23-27-7-5-8-28-23)12-19(16)34-22(31)17(15)11-14-6-9-26-21(20(14)24)29-36(32,33)30-25-3/h5-10,12,25,30H,4,11H2,1-3H3,(H,26,29). The highest BCUT2D eigenvalue weighted by atomic mass is 32.2. The molecule has 0 radical (unpaired) electrons. The van der Waals surface area contributed by atoms with Crippen LogP contribution in [0.3, 0.4) is 0 Å². The number of hydrogen-bond donors (Lipinski definition) is 3. The van der Waals surface area contributed by atoms with Crippen molar-refractivity contribution in [3.8, 4) is 11.8 Å². The Morgan fingerprint density at radius 3 is 2.56 bits per heavy atom. The van der Waals surface area contributed by atoms with Crippen molar-refractivity contribution in [1.29, 1.82) is 0 Å². The van der Waals surface area contributed by atoms with Gasteiger partial charge in [0.2, 0.25) is 0 Å². The molecule has 0 spiro atoms. The Kier molecular flexibility index (Phi) is 7.24. The number of nitrogens with one attached hydrogen (secondary N) is 3. The first-order valence-electron chi connectivity index (χ1n) is 10.9. The third-order valence-corrected chi connectivity index (χ3v) is 6.25. The Morgan fingerprint density at radius 2 is 1.86 bits per heavy atom. The first-order chi connectivity index (χ1) is 17.2. The van der Waals surface area contributed by atoms with Gasteiger partial charge in [0.05, 0.1) is 0 Å². The molecule has 11 nitrogen and oxygen atoms in total. The molecule has 3 heterocycles. The molecule has 0 atom stereocenters. The number of aromatic nitrogens is 3. The normalized spacial score (nSPS) is 11.6. The highest BCUT2D eigenvalue weighted by molar-refractivity contribution is 7.90. The van der Waals surface area contributed by atoms with E-state index in [-0.39, 0.29) is 23.6 Å². The van der Waals surface area contributed by atoms with E-state index in [1.165, 1.54) is 19.3 Å². The van der Waals surface area contributed by atoms with E-state index < -0.39 is 27.5 Å². The lowest BCUT2D eigenvalue weighted by molar-refractivity contribution is 0.437. The summed E-state index contributed by atoms with van der Waals surface area (Å²) in [6.07, 6.45) is 4.69. The van der Waals surface area contributed by atoms with Gasteiger partial charge in [-0.1, -0.05) is 6.92 Å². The number of halogens is 1. The molecule has 4 rings (SSSR count). The number of hydrogen-bond acceptors (Lipinski definition) is 9. The van der Waals surface area contributed by atoms with Crippen LogP contribution in [0.4, 0.5) is 10.2 Å². The van der Waals surface area contributed by atoms with Gasteiger partial charge in [-0.3, -0.25) is 4.72 Å². The smallest absolute Gasteiger partial charge is 0.340 e. The van der Waals surface area contributed by atoms with Gasteiger partial charge >= 0.3 is 21.8 Å². The third-order valence-electron chi connectivity index (χ3n) is 5.32. The van der Waals surface area contributed by atoms with Gasteiger partial charge in [-0.05, 0) is 55.3 Å². The van der Waals surface area contributed by atoms with E-state index in [4.69, 9.17) is 9.15 Å². The molecule has 0 aliphatic carbocycles. The van der Waals surface area contributed by atoms with Crippen LogP contribution in [-0.4, -0.2) is 30.4 Å². The summed E-state index contributed by atoms with van der Waals surface area (Å²) in [4.78, 5) is 26.8. The summed E-state index contributed by atoms with van der Waals surface area (Å²) in [5.74, 6) is -0.971. The number of anilines is 1. The van der Waals surface area contributed by atoms with Crippen LogP contribution in [-0.2, 0) is 23.1 Å². The van der Waals surface area contributed by atoms with E-state index in [0.717, 1.165) is 5.56 Å². The number of nitrogens with zero attached hydrogens (tertiary/aromatic N) is 3. The molecule has 0 aliphatic heterocycles. The molecule has 0 aliphatic rings. The molecule has 4 aromatic rings. The maximum absolute atomic E-state index is 15.1. The molecule has 188 valence electrons. The quantitative estimate of drug-likeness (QED) is 0.226. The average Bonchev–Trinajstić information content (AvgIpc) is 2.83. The SMILES string of the molecule is CCc1c(Cc2ccnc(NS(=O)(=O)NNC)c2F)c(=O)oc2cc(Oc3ncccn3)c(C)cc12. The van der Waals surface area contributed by atoms with Crippen LogP contribution in [0.1, 0.15) is 29.2 Å². The van der Waals surface area contributed by atoms with Gasteiger partial charge in [-0.2, -0.15) is 8.42 Å². The van der Waals surface area contributed by atoms with E-state index in [1.54, 1.807) is 24.5 Å². The van der Waals surface area contributed by atoms with Crippen LogP contribution < -0.4 is 25.3 Å². The molecule has 3 N–H and O–H groups in total. The Bertz CT molecular complexity index is 1580. The van der Waals surface area contributed by atoms with Crippen LogP contribution in [0.5, 0.6) is 11.8 Å². The lowest BCUT2D eigenvalue weighted by Gasteiger charge is -2.14. The monoisotopic (exact) mass is 514 g/mol. The van der Waals surface area contributed by atoms with E-state index in [0.29, 0.717) is 28.7 Å². The summed E-state index contributed by atoms with van der Waals surface area (Å²) in [6, 6.07) is 6.62. The van der Waals surface area contributed by atoms with E-state index in [1.807, 2.05) is 29.5 Å². The molecule has 0 saturated carbocycles. The second-order valence-electron chi connectivity index (χ2n) is 7.71. The molecule has 3 aromatic heterocycles. The van der Waals surface area contributed by atoms with Crippen molar-refractivity contribution in [3.05, 3.63) is 81.3 Å². The maximum atomic E-state index is 15.1. The van der Waals surface area contributed by atoms with Crippen molar-refractivity contribution in [2.75, 3.05) is 11.8 Å². The van der Waals surface area contributed by atoms with Crippen LogP contribution in [0, 0.1) is 12.7 Å². The Morgan fingerprint density at radius 1 is 1.11 bits per heavy atom. The minimum atomic E-state index is -4.09. The summed E-state index contributed by atoms with van der Waals surface area (Å²) < 4.78 is 52.3. The summed E-state index contributed by atoms with van der Waals surface area (Å²) in [6.45, 7) is 3.71. The fourth-order valence-corrected chi connectivity index (χ4v) is 4.45. The predicted octanol–water partition coefficient (Wildman–Crippen LogP) is 2.75. The Hall–Kier alpha value is -3.94. The molecule has 0 amide bonds. The zero-order valence-electron chi connectivity index (χ0n) is 19.6. The van der Waals surface area contributed by atoms with E-state index in [2.05, 4.69) is 20.4 Å². The largest absolute Gasteiger partial charge is 0.424 e. The maximum Gasteiger partial charge on any atom is 0.340 e. The summed E-state index contributed by atoms with van der Waals surface area (Å²) in [5.41, 5.74) is 3.69. The fraction of sp³-hybridized carbons (Fsp3) is 0.217. The summed E-state index contributed by atoms with van der Waals surface area (Å²) >= 11 is 0. The van der Waals surface area contributed by atoms with E-state index in [9.17, 15) is 13.2 Å². The van der Waals surface area contributed by atoms with Crippen molar-refractivity contribution in [3.63, 3.8) is 0 Å². The van der Waals surface area contributed by atoms with Crippen molar-refractivity contribution in [1.82, 2.24) is 25.2 Å². The van der Waals surface area contributed by atoms with Gasteiger partial charge in [0.15, 0.2) is 11.6 Å². The minimum absolute atomic E-state index is 0.0754. The summed E-state index contributed by atoms with van der Waals surface area (Å²) in [5, 5.41) is 0.680. The highest BCUT2D eigenvalue weighted by Crippen LogP contribution is 2.31. The fourth-order valence-electron chi connectivity index (χ4n) is 3.74. The van der Waals surface area contributed by atoms with Crippen LogP contribution in [0.15, 0.2) is 52.1 Å². The van der Waals surface area contributed by atoms with E-state index >= 15 is 4.39 Å². The topological polar surface area (TPSA) is 148 Å². The van der Waals surface area contributed by atoms with Gasteiger partial charge in [0, 0.05) is 42.0 Å². The molecule has 0 fully saturated rings. The number of pyridine rings is 1. The van der Waals surface area contributed by atoms with Crippen molar-refractivity contribution in [2.24, 2.45) is 0 Å². The van der Waals surface area contributed by atoms with Gasteiger partial charge in [0.25, 0.3) is 0 Å². The number of rotatable bonds is 9. The van der Waals surface area contributed by atoms with Gasteiger partial charge in [0.1, 0.15) is 11.3 Å². The molecular formula is C23H23FN6O5S. The number of benzene rings is 1. The summed E-state index contributed by atoms with van der Waals surface area (Å²) in [7, 11) is -2.75. The van der Waals surface area contributed by atoms with Crippen molar-refractivity contribution < 1.29 is 22.0 Å². The zero-order chi connectivity index (χ0) is 25.9. The number of aryl methyl sites for hydroxylation is 2. The molecule has 0 saturated heterocycles. The molecule has 13 heteroatoms. The first kappa shape index (κ1) is 25.2. The molecule has 36 heavy (non-hydrogen) atoms. The van der Waals surface area contributed by atoms with Crippen molar-refractivity contribution in [2.45, 2.75) is 26.7 Å². The zero-order valence-corrected chi connectivity index (χ0v) is 20.4. The minimum Gasteiger partial charge on any atom is -0.424 e. The average molecular weight is 515 g/mol. The van der Waals surface area contributed by atoms with Crippen molar-refractivity contribution >= 4 is 27.0 Å². The lowest BCUT2D eigenvalue weighted by atomic mass is 9.96.